The first-order chi connectivity index (χ1) is 15.2. The van der Waals surface area contributed by atoms with E-state index in [0.29, 0.717) is 41.4 Å². The summed E-state index contributed by atoms with van der Waals surface area (Å²) in [5.74, 6) is 0.316. The van der Waals surface area contributed by atoms with Gasteiger partial charge in [0.15, 0.2) is 5.78 Å². The first-order valence-corrected chi connectivity index (χ1v) is 11.4. The van der Waals surface area contributed by atoms with Crippen LogP contribution in [0.5, 0.6) is 11.5 Å². The summed E-state index contributed by atoms with van der Waals surface area (Å²) >= 11 is 0. The molecule has 6 heteroatoms. The van der Waals surface area contributed by atoms with Gasteiger partial charge >= 0.3 is 5.97 Å². The number of ether oxygens (including phenoxy) is 3. The van der Waals surface area contributed by atoms with Gasteiger partial charge in [-0.25, -0.2) is 4.79 Å². The van der Waals surface area contributed by atoms with Crippen molar-refractivity contribution in [3.05, 3.63) is 46.3 Å². The number of ketones is 1. The maximum atomic E-state index is 13.4. The van der Waals surface area contributed by atoms with Gasteiger partial charge in [0.25, 0.3) is 0 Å². The molecule has 0 saturated carbocycles. The largest absolute Gasteiger partial charge is 0.497 e. The standard InChI is InChI=1S/C26H35NO5/c1-7-8-9-12-32-25(29)22-16(2)27-19-14-26(3,4)15-20(28)24(19)23(22)18-13-17(30-5)10-11-21(18)31-6/h10-11,13,23,27H,7-9,12,14-15H2,1-6H3/t23-/m0/s1. The minimum atomic E-state index is -0.571. The normalized spacial score (nSPS) is 19.9. The molecule has 1 aromatic rings. The van der Waals surface area contributed by atoms with Crippen LogP contribution in [-0.4, -0.2) is 32.6 Å². The summed E-state index contributed by atoms with van der Waals surface area (Å²) in [6, 6.07) is 5.47. The van der Waals surface area contributed by atoms with Gasteiger partial charge < -0.3 is 19.5 Å². The van der Waals surface area contributed by atoms with Gasteiger partial charge in [0.05, 0.1) is 32.3 Å². The molecule has 1 aromatic carbocycles. The van der Waals surface area contributed by atoms with Gasteiger partial charge in [0, 0.05) is 29.0 Å². The molecule has 1 N–H and O–H groups in total. The Labute approximate surface area is 191 Å². The Morgan fingerprint density at radius 1 is 1.16 bits per heavy atom. The molecule has 0 unspecified atom stereocenters. The second-order valence-electron chi connectivity index (χ2n) is 9.38. The zero-order valence-electron chi connectivity index (χ0n) is 20.1. The number of nitrogens with one attached hydrogen (secondary N) is 1. The minimum Gasteiger partial charge on any atom is -0.497 e. The lowest BCUT2D eigenvalue weighted by molar-refractivity contribution is -0.139. The molecule has 0 saturated heterocycles. The summed E-state index contributed by atoms with van der Waals surface area (Å²) < 4.78 is 16.7. The number of carbonyl (C=O) groups is 2. The van der Waals surface area contributed by atoms with E-state index in [0.717, 1.165) is 36.9 Å². The van der Waals surface area contributed by atoms with E-state index < -0.39 is 11.9 Å². The molecule has 1 heterocycles. The predicted molar refractivity (Wildman–Crippen MR) is 124 cm³/mol. The topological polar surface area (TPSA) is 73.9 Å². The van der Waals surface area contributed by atoms with Crippen LogP contribution in [0.4, 0.5) is 0 Å². The monoisotopic (exact) mass is 441 g/mol. The smallest absolute Gasteiger partial charge is 0.336 e. The van der Waals surface area contributed by atoms with Crippen LogP contribution in [0.3, 0.4) is 0 Å². The van der Waals surface area contributed by atoms with Gasteiger partial charge in [-0.15, -0.1) is 0 Å². The molecule has 3 rings (SSSR count). The molecular weight excluding hydrogens is 406 g/mol. The molecule has 1 aliphatic heterocycles. The molecule has 0 spiro atoms. The maximum Gasteiger partial charge on any atom is 0.336 e. The number of rotatable bonds is 8. The zero-order chi connectivity index (χ0) is 23.5. The lowest BCUT2D eigenvalue weighted by Gasteiger charge is -2.39. The van der Waals surface area contributed by atoms with Crippen LogP contribution in [0.1, 0.15) is 71.3 Å². The Morgan fingerprint density at radius 3 is 2.56 bits per heavy atom. The van der Waals surface area contributed by atoms with Gasteiger partial charge in [0.1, 0.15) is 11.5 Å². The summed E-state index contributed by atoms with van der Waals surface area (Å²) in [6.45, 7) is 8.52. The van der Waals surface area contributed by atoms with E-state index in [1.165, 1.54) is 0 Å². The first kappa shape index (κ1) is 23.9. The highest BCUT2D eigenvalue weighted by molar-refractivity contribution is 6.04. The molecule has 0 amide bonds. The second kappa shape index (κ2) is 9.80. The SMILES string of the molecule is CCCCCOC(=O)C1=C(C)NC2=C(C(=O)CC(C)(C)C2)[C@H]1c1cc(OC)ccc1OC. The van der Waals surface area contributed by atoms with Gasteiger partial charge in [-0.3, -0.25) is 4.79 Å². The fraction of sp³-hybridized carbons (Fsp3) is 0.538. The quantitative estimate of drug-likeness (QED) is 0.450. The van der Waals surface area contributed by atoms with Crippen molar-refractivity contribution in [2.75, 3.05) is 20.8 Å². The summed E-state index contributed by atoms with van der Waals surface area (Å²) in [5.41, 5.74) is 3.26. The summed E-state index contributed by atoms with van der Waals surface area (Å²) in [4.78, 5) is 26.7. The lowest BCUT2D eigenvalue weighted by atomic mass is 9.68. The maximum absolute atomic E-state index is 13.4. The molecular formula is C26H35NO5. The minimum absolute atomic E-state index is 0.0439. The van der Waals surface area contributed by atoms with Crippen molar-refractivity contribution in [2.45, 2.75) is 65.7 Å². The van der Waals surface area contributed by atoms with E-state index in [2.05, 4.69) is 26.1 Å². The number of allylic oxidation sites excluding steroid dienone is 3. The average molecular weight is 442 g/mol. The van der Waals surface area contributed by atoms with Crippen molar-refractivity contribution in [1.29, 1.82) is 0 Å². The van der Waals surface area contributed by atoms with Crippen molar-refractivity contribution >= 4 is 11.8 Å². The number of benzene rings is 1. The summed E-state index contributed by atoms with van der Waals surface area (Å²) in [5, 5.41) is 3.37. The highest BCUT2D eigenvalue weighted by Crippen LogP contribution is 2.49. The number of Topliss-reactive ketones (excluding diaryl/α,β-unsaturated/α-hetero) is 1. The van der Waals surface area contributed by atoms with Crippen molar-refractivity contribution < 1.29 is 23.8 Å². The van der Waals surface area contributed by atoms with E-state index in [-0.39, 0.29) is 11.2 Å². The molecule has 6 nitrogen and oxygen atoms in total. The molecule has 2 aliphatic rings. The number of hydrogen-bond acceptors (Lipinski definition) is 6. The van der Waals surface area contributed by atoms with Gasteiger partial charge in [-0.1, -0.05) is 33.6 Å². The lowest BCUT2D eigenvalue weighted by Crippen LogP contribution is -2.38. The molecule has 1 atom stereocenters. The third-order valence-electron chi connectivity index (χ3n) is 6.19. The van der Waals surface area contributed by atoms with Gasteiger partial charge in [0.2, 0.25) is 0 Å². The summed E-state index contributed by atoms with van der Waals surface area (Å²) in [7, 11) is 3.18. The van der Waals surface area contributed by atoms with E-state index in [1.807, 2.05) is 25.1 Å². The Balaban J connectivity index is 2.13. The number of esters is 1. The fourth-order valence-corrected chi connectivity index (χ4v) is 4.68. The summed E-state index contributed by atoms with van der Waals surface area (Å²) in [6.07, 6.45) is 4.02. The van der Waals surface area contributed by atoms with Crippen LogP contribution in [0.15, 0.2) is 40.7 Å². The van der Waals surface area contributed by atoms with Crippen LogP contribution in [0.2, 0.25) is 0 Å². The number of dihydropyridines is 1. The van der Waals surface area contributed by atoms with Crippen molar-refractivity contribution in [1.82, 2.24) is 5.32 Å². The molecule has 0 aromatic heterocycles. The molecule has 0 fully saturated rings. The Hall–Kier alpha value is -2.76. The number of carbonyl (C=O) groups excluding carboxylic acids is 2. The zero-order valence-corrected chi connectivity index (χ0v) is 20.1. The van der Waals surface area contributed by atoms with E-state index in [4.69, 9.17) is 14.2 Å². The average Bonchev–Trinajstić information content (AvgIpc) is 2.74. The number of unbranched alkanes of at least 4 members (excludes halogenated alkanes) is 2. The van der Waals surface area contributed by atoms with Crippen LogP contribution in [0, 0.1) is 5.41 Å². The number of methoxy groups -OCH3 is 2. The molecule has 1 aliphatic carbocycles. The van der Waals surface area contributed by atoms with Crippen LogP contribution in [-0.2, 0) is 14.3 Å². The van der Waals surface area contributed by atoms with Crippen LogP contribution in [0.25, 0.3) is 0 Å². The van der Waals surface area contributed by atoms with E-state index >= 15 is 0 Å². The van der Waals surface area contributed by atoms with E-state index in [9.17, 15) is 9.59 Å². The highest BCUT2D eigenvalue weighted by atomic mass is 16.5. The molecule has 174 valence electrons. The Kier molecular flexibility index (Phi) is 7.32. The van der Waals surface area contributed by atoms with E-state index in [1.54, 1.807) is 14.2 Å². The Bertz CT molecular complexity index is 957. The fourth-order valence-electron chi connectivity index (χ4n) is 4.68. The van der Waals surface area contributed by atoms with Crippen molar-refractivity contribution in [3.63, 3.8) is 0 Å². The third-order valence-corrected chi connectivity index (χ3v) is 6.19. The van der Waals surface area contributed by atoms with Crippen molar-refractivity contribution in [2.24, 2.45) is 5.41 Å². The number of hydrogen-bond donors (Lipinski definition) is 1. The Morgan fingerprint density at radius 2 is 1.91 bits per heavy atom. The van der Waals surface area contributed by atoms with Crippen LogP contribution >= 0.6 is 0 Å². The molecule has 0 radical (unpaired) electrons. The van der Waals surface area contributed by atoms with Gasteiger partial charge in [-0.2, -0.15) is 0 Å². The van der Waals surface area contributed by atoms with Gasteiger partial charge in [-0.05, 0) is 43.4 Å². The third kappa shape index (κ3) is 4.84. The first-order valence-electron chi connectivity index (χ1n) is 11.4. The second-order valence-corrected chi connectivity index (χ2v) is 9.38. The molecule has 0 bridgehead atoms. The predicted octanol–water partition coefficient (Wildman–Crippen LogP) is 5.04. The van der Waals surface area contributed by atoms with Crippen LogP contribution < -0.4 is 14.8 Å². The van der Waals surface area contributed by atoms with Crippen molar-refractivity contribution in [3.8, 4) is 11.5 Å². The highest BCUT2D eigenvalue weighted by Gasteiger charge is 2.44. The molecule has 32 heavy (non-hydrogen) atoms.